The molecule has 0 unspecified atom stereocenters. The Morgan fingerprint density at radius 2 is 1.86 bits per heavy atom. The van der Waals surface area contributed by atoms with Crippen LogP contribution in [0.1, 0.15) is 0 Å². The maximum atomic E-state index is 13.9. The lowest BCUT2D eigenvalue weighted by molar-refractivity contribution is 0.637. The van der Waals surface area contributed by atoms with Gasteiger partial charge in [0.25, 0.3) is 0 Å². The lowest BCUT2D eigenvalue weighted by atomic mass is 10.1. The Morgan fingerprint density at radius 1 is 1.00 bits per heavy atom. The van der Waals surface area contributed by atoms with Crippen LogP contribution in [0.3, 0.4) is 0 Å². The van der Waals surface area contributed by atoms with Gasteiger partial charge in [-0.1, -0.05) is 12.1 Å². The normalized spacial score (nSPS) is 11.3. The van der Waals surface area contributed by atoms with Crippen LogP contribution < -0.4 is 5.73 Å². The second kappa shape index (κ2) is 4.28. The molecule has 0 radical (unpaired) electrons. The minimum absolute atomic E-state index is 0.256. The third kappa shape index (κ3) is 1.67. The molecule has 0 spiro atoms. The van der Waals surface area contributed by atoms with Gasteiger partial charge in [-0.15, -0.1) is 0 Å². The van der Waals surface area contributed by atoms with Gasteiger partial charge in [0.1, 0.15) is 5.52 Å². The molecule has 0 atom stereocenters. The van der Waals surface area contributed by atoms with E-state index in [9.17, 15) is 4.39 Å². The third-order valence-corrected chi connectivity index (χ3v) is 3.53. The number of hydrogen-bond acceptors (Lipinski definition) is 3. The number of pyridine rings is 1. The van der Waals surface area contributed by atoms with Gasteiger partial charge in [-0.05, 0) is 36.4 Å². The van der Waals surface area contributed by atoms with Gasteiger partial charge in [-0.3, -0.25) is 9.55 Å². The fourth-order valence-corrected chi connectivity index (χ4v) is 2.62. The summed E-state index contributed by atoms with van der Waals surface area (Å²) >= 11 is 0. The maximum Gasteiger partial charge on any atom is 0.206 e. The Labute approximate surface area is 119 Å². The predicted molar refractivity (Wildman–Crippen MR) is 80.7 cm³/mol. The zero-order valence-electron chi connectivity index (χ0n) is 11.0. The first-order valence-corrected chi connectivity index (χ1v) is 6.52. The molecule has 21 heavy (non-hydrogen) atoms. The Hall–Kier alpha value is -2.95. The number of aromatic nitrogens is 3. The molecular weight excluding hydrogens is 267 g/mol. The quantitative estimate of drug-likeness (QED) is 0.581. The van der Waals surface area contributed by atoms with Crippen LogP contribution in [0, 0.1) is 5.82 Å². The van der Waals surface area contributed by atoms with E-state index in [0.29, 0.717) is 5.52 Å². The van der Waals surface area contributed by atoms with Gasteiger partial charge in [0.2, 0.25) is 5.95 Å². The lowest BCUT2D eigenvalue weighted by Crippen LogP contribution is -2.01. The second-order valence-electron chi connectivity index (χ2n) is 4.76. The van der Waals surface area contributed by atoms with E-state index < -0.39 is 0 Å². The van der Waals surface area contributed by atoms with Gasteiger partial charge in [-0.25, -0.2) is 9.37 Å². The first kappa shape index (κ1) is 11.8. The average Bonchev–Trinajstić information content (AvgIpc) is 2.84. The number of fused-ring (bicyclic) bond motifs is 2. The van der Waals surface area contributed by atoms with Crippen LogP contribution in [0.25, 0.3) is 27.6 Å². The zero-order chi connectivity index (χ0) is 14.4. The number of anilines is 1. The van der Waals surface area contributed by atoms with E-state index in [1.54, 1.807) is 22.9 Å². The molecule has 4 nitrogen and oxygen atoms in total. The number of para-hydroxylation sites is 1. The summed E-state index contributed by atoms with van der Waals surface area (Å²) < 4.78 is 15.6. The third-order valence-electron chi connectivity index (χ3n) is 3.53. The van der Waals surface area contributed by atoms with Gasteiger partial charge in [0, 0.05) is 11.6 Å². The number of imidazole rings is 1. The Bertz CT molecular complexity index is 969. The molecule has 0 aliphatic heterocycles. The van der Waals surface area contributed by atoms with Crippen molar-refractivity contribution in [2.75, 3.05) is 5.73 Å². The van der Waals surface area contributed by atoms with Crippen LogP contribution in [0.4, 0.5) is 10.3 Å². The molecule has 2 aromatic heterocycles. The highest BCUT2D eigenvalue weighted by atomic mass is 19.1. The zero-order valence-corrected chi connectivity index (χ0v) is 11.0. The number of nitrogens with two attached hydrogens (primary N) is 1. The van der Waals surface area contributed by atoms with E-state index in [1.165, 1.54) is 6.07 Å². The first-order valence-electron chi connectivity index (χ1n) is 6.52. The van der Waals surface area contributed by atoms with Crippen LogP contribution in [0.2, 0.25) is 0 Å². The molecule has 2 aromatic carbocycles. The Balaban J connectivity index is 2.14. The van der Waals surface area contributed by atoms with Crippen molar-refractivity contribution >= 4 is 27.9 Å². The molecule has 2 N–H and O–H groups in total. The molecule has 5 heteroatoms. The first-order chi connectivity index (χ1) is 10.3. The minimum Gasteiger partial charge on any atom is -0.369 e. The van der Waals surface area contributed by atoms with Crippen molar-refractivity contribution in [2.45, 2.75) is 0 Å². The highest BCUT2D eigenvalue weighted by Gasteiger charge is 2.14. The molecule has 0 fully saturated rings. The molecule has 0 saturated carbocycles. The van der Waals surface area contributed by atoms with Gasteiger partial charge in [0.15, 0.2) is 5.82 Å². The van der Waals surface area contributed by atoms with Gasteiger partial charge < -0.3 is 5.73 Å². The second-order valence-corrected chi connectivity index (χ2v) is 4.76. The van der Waals surface area contributed by atoms with E-state index in [2.05, 4.69) is 9.97 Å². The molecular formula is C16H11FN4. The number of nitrogen functional groups attached to an aromatic ring is 1. The fourth-order valence-electron chi connectivity index (χ4n) is 2.62. The Kier molecular flexibility index (Phi) is 2.41. The Morgan fingerprint density at radius 3 is 2.76 bits per heavy atom. The molecule has 4 rings (SSSR count). The van der Waals surface area contributed by atoms with Gasteiger partial charge in [0.05, 0.1) is 16.7 Å². The SMILES string of the molecule is Nc1nc2c(F)cccc2n1-c1cccc2ncccc12. The number of halogens is 1. The molecule has 102 valence electrons. The van der Waals surface area contributed by atoms with E-state index >= 15 is 0 Å². The molecule has 0 aliphatic rings. The fraction of sp³-hybridized carbons (Fsp3) is 0. The van der Waals surface area contributed by atoms with Crippen LogP contribution in [0.5, 0.6) is 0 Å². The van der Waals surface area contributed by atoms with E-state index in [4.69, 9.17) is 5.73 Å². The molecule has 0 bridgehead atoms. The smallest absolute Gasteiger partial charge is 0.206 e. The molecule has 0 saturated heterocycles. The number of benzene rings is 2. The standard InChI is InChI=1S/C16H11FN4/c17-11-5-1-8-14-15(11)20-16(18)21(14)13-7-2-6-12-10(13)4-3-9-19-12/h1-9H,(H2,18,20). The van der Waals surface area contributed by atoms with Crippen molar-refractivity contribution in [2.24, 2.45) is 0 Å². The number of rotatable bonds is 1. The van der Waals surface area contributed by atoms with Gasteiger partial charge >= 0.3 is 0 Å². The largest absolute Gasteiger partial charge is 0.369 e. The van der Waals surface area contributed by atoms with Crippen molar-refractivity contribution in [3.05, 3.63) is 60.5 Å². The van der Waals surface area contributed by atoms with Crippen LogP contribution >= 0.6 is 0 Å². The van der Waals surface area contributed by atoms with E-state index in [1.807, 2.05) is 30.3 Å². The minimum atomic E-state index is -0.378. The van der Waals surface area contributed by atoms with Crippen molar-refractivity contribution in [3.8, 4) is 5.69 Å². The van der Waals surface area contributed by atoms with E-state index in [0.717, 1.165) is 16.6 Å². The summed E-state index contributed by atoms with van der Waals surface area (Å²) in [5.74, 6) is -0.122. The van der Waals surface area contributed by atoms with Crippen molar-refractivity contribution in [3.63, 3.8) is 0 Å². The summed E-state index contributed by atoms with van der Waals surface area (Å²) in [6.07, 6.45) is 1.74. The molecule has 0 aliphatic carbocycles. The summed E-state index contributed by atoms with van der Waals surface area (Å²) in [5, 5.41) is 0.940. The predicted octanol–water partition coefficient (Wildman–Crippen LogP) is 3.30. The topological polar surface area (TPSA) is 56.7 Å². The molecule has 4 aromatic rings. The molecule has 2 heterocycles. The summed E-state index contributed by atoms with van der Waals surface area (Å²) in [7, 11) is 0. The summed E-state index contributed by atoms with van der Waals surface area (Å²) in [6, 6.07) is 14.4. The lowest BCUT2D eigenvalue weighted by Gasteiger charge is -2.09. The van der Waals surface area contributed by atoms with E-state index in [-0.39, 0.29) is 17.3 Å². The number of nitrogens with zero attached hydrogens (tertiary/aromatic N) is 3. The summed E-state index contributed by atoms with van der Waals surface area (Å²) in [4.78, 5) is 8.47. The van der Waals surface area contributed by atoms with Crippen LogP contribution in [0.15, 0.2) is 54.7 Å². The van der Waals surface area contributed by atoms with Gasteiger partial charge in [-0.2, -0.15) is 0 Å². The highest BCUT2D eigenvalue weighted by molar-refractivity contribution is 5.91. The van der Waals surface area contributed by atoms with Crippen molar-refractivity contribution in [1.82, 2.24) is 14.5 Å². The van der Waals surface area contributed by atoms with Crippen molar-refractivity contribution < 1.29 is 4.39 Å². The van der Waals surface area contributed by atoms with Crippen LogP contribution in [-0.4, -0.2) is 14.5 Å². The highest BCUT2D eigenvalue weighted by Crippen LogP contribution is 2.28. The van der Waals surface area contributed by atoms with Crippen LogP contribution in [-0.2, 0) is 0 Å². The monoisotopic (exact) mass is 278 g/mol. The molecule has 0 amide bonds. The maximum absolute atomic E-state index is 13.9. The number of hydrogen-bond donors (Lipinski definition) is 1. The van der Waals surface area contributed by atoms with Crippen molar-refractivity contribution in [1.29, 1.82) is 0 Å². The average molecular weight is 278 g/mol. The summed E-state index contributed by atoms with van der Waals surface area (Å²) in [5.41, 5.74) is 8.62. The summed E-state index contributed by atoms with van der Waals surface area (Å²) in [6.45, 7) is 0.